The highest BCUT2D eigenvalue weighted by atomic mass is 16.6. The SMILES string of the molecule is COc1ccc(C(=O)CCCC(=O)N2CCC(CNC(=O)OC(C)(C)C)CC2)cc1. The zero-order valence-electron chi connectivity index (χ0n) is 18.5. The molecule has 30 heavy (non-hydrogen) atoms. The molecule has 0 saturated carbocycles. The van der Waals surface area contributed by atoms with Crippen LogP contribution in [0.1, 0.15) is 63.2 Å². The van der Waals surface area contributed by atoms with Crippen LogP contribution in [0.15, 0.2) is 24.3 Å². The summed E-state index contributed by atoms with van der Waals surface area (Å²) in [5, 5.41) is 2.81. The molecule has 0 spiro atoms. The third kappa shape index (κ3) is 8.05. The predicted molar refractivity (Wildman–Crippen MR) is 115 cm³/mol. The van der Waals surface area contributed by atoms with Crippen LogP contribution in [0.25, 0.3) is 0 Å². The largest absolute Gasteiger partial charge is 0.497 e. The monoisotopic (exact) mass is 418 g/mol. The Labute approximate surface area is 179 Å². The lowest BCUT2D eigenvalue weighted by Crippen LogP contribution is -2.42. The lowest BCUT2D eigenvalue weighted by molar-refractivity contribution is -0.132. The molecule has 0 radical (unpaired) electrons. The number of carbonyl (C=O) groups excluding carboxylic acids is 3. The summed E-state index contributed by atoms with van der Waals surface area (Å²) in [7, 11) is 1.59. The molecule has 1 aliphatic rings. The number of methoxy groups -OCH3 is 1. The van der Waals surface area contributed by atoms with Crippen LogP contribution in [-0.2, 0) is 9.53 Å². The van der Waals surface area contributed by atoms with E-state index in [2.05, 4.69) is 5.32 Å². The Hall–Kier alpha value is -2.57. The molecule has 1 aromatic rings. The second-order valence-electron chi connectivity index (χ2n) is 8.71. The molecule has 2 rings (SSSR count). The predicted octanol–water partition coefficient (Wildman–Crippen LogP) is 3.81. The van der Waals surface area contributed by atoms with Gasteiger partial charge in [-0.25, -0.2) is 4.79 Å². The summed E-state index contributed by atoms with van der Waals surface area (Å²) in [5.41, 5.74) is 0.135. The third-order valence-electron chi connectivity index (χ3n) is 5.11. The molecule has 1 saturated heterocycles. The van der Waals surface area contributed by atoms with Crippen molar-refractivity contribution in [1.29, 1.82) is 0 Å². The van der Waals surface area contributed by atoms with Gasteiger partial charge in [-0.3, -0.25) is 9.59 Å². The first-order valence-electron chi connectivity index (χ1n) is 10.6. The van der Waals surface area contributed by atoms with Crippen LogP contribution in [0, 0.1) is 5.92 Å². The number of piperidine rings is 1. The standard InChI is InChI=1S/C23H34N2O5/c1-23(2,3)30-22(28)24-16-17-12-14-25(15-13-17)21(27)7-5-6-20(26)18-8-10-19(29-4)11-9-18/h8-11,17H,5-7,12-16H2,1-4H3,(H,24,28). The van der Waals surface area contributed by atoms with E-state index >= 15 is 0 Å². The normalized spacial score (nSPS) is 14.9. The summed E-state index contributed by atoms with van der Waals surface area (Å²) in [5.74, 6) is 1.19. The van der Waals surface area contributed by atoms with Crippen molar-refractivity contribution in [3.05, 3.63) is 29.8 Å². The smallest absolute Gasteiger partial charge is 0.407 e. The van der Waals surface area contributed by atoms with Gasteiger partial charge in [-0.15, -0.1) is 0 Å². The van der Waals surface area contributed by atoms with Crippen LogP contribution >= 0.6 is 0 Å². The Morgan fingerprint density at radius 1 is 1.07 bits per heavy atom. The highest BCUT2D eigenvalue weighted by molar-refractivity contribution is 5.96. The number of hydrogen-bond donors (Lipinski definition) is 1. The molecule has 7 heteroatoms. The van der Waals surface area contributed by atoms with Gasteiger partial charge in [-0.1, -0.05) is 0 Å². The Kier molecular flexibility index (Phi) is 8.69. The van der Waals surface area contributed by atoms with Gasteiger partial charge < -0.3 is 19.7 Å². The molecular formula is C23H34N2O5. The zero-order valence-corrected chi connectivity index (χ0v) is 18.5. The molecule has 166 valence electrons. The van der Waals surface area contributed by atoms with Gasteiger partial charge in [0.25, 0.3) is 0 Å². The number of benzene rings is 1. The Morgan fingerprint density at radius 3 is 2.27 bits per heavy atom. The Morgan fingerprint density at radius 2 is 1.70 bits per heavy atom. The number of likely N-dealkylation sites (tertiary alicyclic amines) is 1. The molecule has 0 unspecified atom stereocenters. The third-order valence-corrected chi connectivity index (χ3v) is 5.11. The number of nitrogens with one attached hydrogen (secondary N) is 1. The van der Waals surface area contributed by atoms with Crippen molar-refractivity contribution in [2.45, 2.75) is 58.5 Å². The number of ether oxygens (including phenoxy) is 2. The van der Waals surface area contributed by atoms with E-state index in [9.17, 15) is 14.4 Å². The number of alkyl carbamates (subject to hydrolysis) is 1. The first-order chi connectivity index (χ1) is 14.2. The van der Waals surface area contributed by atoms with E-state index in [1.54, 1.807) is 31.4 Å². The molecule has 1 N–H and O–H groups in total. The van der Waals surface area contributed by atoms with Crippen molar-refractivity contribution in [1.82, 2.24) is 10.2 Å². The number of ketones is 1. The highest BCUT2D eigenvalue weighted by Crippen LogP contribution is 2.19. The maximum absolute atomic E-state index is 12.4. The van der Waals surface area contributed by atoms with E-state index in [0.29, 0.717) is 56.1 Å². The van der Waals surface area contributed by atoms with Gasteiger partial charge in [0.15, 0.2) is 5.78 Å². The fraction of sp³-hybridized carbons (Fsp3) is 0.609. The minimum Gasteiger partial charge on any atom is -0.497 e. The lowest BCUT2D eigenvalue weighted by Gasteiger charge is -2.32. The van der Waals surface area contributed by atoms with E-state index in [4.69, 9.17) is 9.47 Å². The van der Waals surface area contributed by atoms with E-state index in [-0.39, 0.29) is 11.7 Å². The molecule has 0 aromatic heterocycles. The molecule has 0 bridgehead atoms. The van der Waals surface area contributed by atoms with Crippen LogP contribution in [0.3, 0.4) is 0 Å². The van der Waals surface area contributed by atoms with Gasteiger partial charge in [0, 0.05) is 38.0 Å². The number of carbonyl (C=O) groups is 3. The molecule has 1 aliphatic heterocycles. The molecule has 1 aromatic carbocycles. The highest BCUT2D eigenvalue weighted by Gasteiger charge is 2.24. The molecule has 2 amide bonds. The summed E-state index contributed by atoms with van der Waals surface area (Å²) in [6.07, 6.45) is 2.59. The average Bonchev–Trinajstić information content (AvgIpc) is 2.71. The van der Waals surface area contributed by atoms with Crippen molar-refractivity contribution in [2.75, 3.05) is 26.7 Å². The molecule has 0 aliphatic carbocycles. The average molecular weight is 419 g/mol. The molecule has 1 fully saturated rings. The molecular weight excluding hydrogens is 384 g/mol. The number of nitrogens with zero attached hydrogens (tertiary/aromatic N) is 1. The van der Waals surface area contributed by atoms with Crippen LogP contribution in [-0.4, -0.2) is 55.0 Å². The number of hydrogen-bond acceptors (Lipinski definition) is 5. The van der Waals surface area contributed by atoms with Crippen molar-refractivity contribution in [2.24, 2.45) is 5.92 Å². The molecule has 7 nitrogen and oxygen atoms in total. The maximum Gasteiger partial charge on any atom is 0.407 e. The van der Waals surface area contributed by atoms with Gasteiger partial charge in [-0.2, -0.15) is 0 Å². The molecule has 1 heterocycles. The van der Waals surface area contributed by atoms with Gasteiger partial charge in [0.1, 0.15) is 11.4 Å². The Balaban J connectivity index is 1.64. The fourth-order valence-corrected chi connectivity index (χ4v) is 3.41. The summed E-state index contributed by atoms with van der Waals surface area (Å²) in [4.78, 5) is 38.3. The molecule has 0 atom stereocenters. The van der Waals surface area contributed by atoms with Crippen molar-refractivity contribution >= 4 is 17.8 Å². The van der Waals surface area contributed by atoms with Gasteiger partial charge in [0.2, 0.25) is 5.91 Å². The summed E-state index contributed by atoms with van der Waals surface area (Å²) in [6, 6.07) is 7.03. The van der Waals surface area contributed by atoms with Crippen LogP contribution in [0.5, 0.6) is 5.75 Å². The Bertz CT molecular complexity index is 716. The minimum absolute atomic E-state index is 0.0392. The summed E-state index contributed by atoms with van der Waals surface area (Å²) >= 11 is 0. The maximum atomic E-state index is 12.4. The topological polar surface area (TPSA) is 84.9 Å². The number of Topliss-reactive ketones (excluding diaryl/α,β-unsaturated/α-hetero) is 1. The van der Waals surface area contributed by atoms with Gasteiger partial charge in [0.05, 0.1) is 7.11 Å². The van der Waals surface area contributed by atoms with Gasteiger partial charge in [-0.05, 0) is 70.2 Å². The number of amides is 2. The van der Waals surface area contributed by atoms with Crippen LogP contribution < -0.4 is 10.1 Å². The lowest BCUT2D eigenvalue weighted by atomic mass is 9.96. The van der Waals surface area contributed by atoms with Crippen molar-refractivity contribution in [3.8, 4) is 5.75 Å². The van der Waals surface area contributed by atoms with E-state index in [1.165, 1.54) is 0 Å². The van der Waals surface area contributed by atoms with Crippen LogP contribution in [0.2, 0.25) is 0 Å². The minimum atomic E-state index is -0.505. The first-order valence-corrected chi connectivity index (χ1v) is 10.6. The number of rotatable bonds is 8. The van der Waals surface area contributed by atoms with Crippen LogP contribution in [0.4, 0.5) is 4.79 Å². The van der Waals surface area contributed by atoms with Gasteiger partial charge >= 0.3 is 6.09 Å². The zero-order chi connectivity index (χ0) is 22.1. The second-order valence-corrected chi connectivity index (χ2v) is 8.71. The van der Waals surface area contributed by atoms with Crippen molar-refractivity contribution < 1.29 is 23.9 Å². The fourth-order valence-electron chi connectivity index (χ4n) is 3.41. The first kappa shape index (κ1) is 23.7. The quantitative estimate of drug-likeness (QED) is 0.649. The second kappa shape index (κ2) is 11.0. The van der Waals surface area contributed by atoms with E-state index in [1.807, 2.05) is 25.7 Å². The van der Waals surface area contributed by atoms with E-state index in [0.717, 1.165) is 12.8 Å². The van der Waals surface area contributed by atoms with E-state index < -0.39 is 11.7 Å². The summed E-state index contributed by atoms with van der Waals surface area (Å²) in [6.45, 7) is 7.44. The summed E-state index contributed by atoms with van der Waals surface area (Å²) < 4.78 is 10.3. The van der Waals surface area contributed by atoms with Crippen molar-refractivity contribution in [3.63, 3.8) is 0 Å².